The van der Waals surface area contributed by atoms with Crippen molar-refractivity contribution in [3.63, 3.8) is 0 Å². The predicted octanol–water partition coefficient (Wildman–Crippen LogP) is 0.902. The zero-order valence-electron chi connectivity index (χ0n) is 9.75. The quantitative estimate of drug-likeness (QED) is 0.738. The van der Waals surface area contributed by atoms with Gasteiger partial charge < -0.3 is 15.4 Å². The van der Waals surface area contributed by atoms with Gasteiger partial charge in [-0.1, -0.05) is 11.8 Å². The first-order chi connectivity index (χ1) is 8.29. The van der Waals surface area contributed by atoms with Crippen LogP contribution in [0, 0.1) is 0 Å². The Labute approximate surface area is 105 Å². The number of nitrogens with two attached hydrogens (primary N) is 1. The lowest BCUT2D eigenvalue weighted by Crippen LogP contribution is -2.22. The molecular formula is C11H18N4OS. The Morgan fingerprint density at radius 3 is 2.71 bits per heavy atom. The molecular weight excluding hydrogens is 236 g/mol. The normalized spacial score (nSPS) is 21.8. The molecule has 2 saturated carbocycles. The molecule has 0 spiro atoms. The van der Waals surface area contributed by atoms with Crippen LogP contribution in [0.1, 0.15) is 43.5 Å². The predicted molar refractivity (Wildman–Crippen MR) is 66.1 cm³/mol. The third-order valence-electron chi connectivity index (χ3n) is 3.22. The summed E-state index contributed by atoms with van der Waals surface area (Å²) in [6.07, 6.45) is 4.53. The molecule has 3 rings (SSSR count). The van der Waals surface area contributed by atoms with Crippen molar-refractivity contribution in [2.24, 2.45) is 5.73 Å². The third kappa shape index (κ3) is 2.48. The van der Waals surface area contributed by atoms with Gasteiger partial charge in [0.05, 0.1) is 6.10 Å². The summed E-state index contributed by atoms with van der Waals surface area (Å²) >= 11 is 1.57. The average Bonchev–Trinajstić information content (AvgIpc) is 3.24. The maximum absolute atomic E-state index is 9.49. The van der Waals surface area contributed by atoms with Crippen LogP contribution in [0.2, 0.25) is 0 Å². The molecule has 3 N–H and O–H groups in total. The van der Waals surface area contributed by atoms with Gasteiger partial charge in [-0.15, -0.1) is 10.2 Å². The highest BCUT2D eigenvalue weighted by Crippen LogP contribution is 2.45. The maximum Gasteiger partial charge on any atom is 0.191 e. The number of hydrogen-bond acceptors (Lipinski definition) is 5. The number of aliphatic hydroxyl groups excluding tert-OH is 1. The number of thioether (sulfide) groups is 1. The van der Waals surface area contributed by atoms with Crippen molar-refractivity contribution >= 4 is 11.8 Å². The lowest BCUT2D eigenvalue weighted by molar-refractivity contribution is 0.208. The topological polar surface area (TPSA) is 77.0 Å². The van der Waals surface area contributed by atoms with Gasteiger partial charge in [0.2, 0.25) is 0 Å². The SMILES string of the molecule is NC[C@H](O)CSc1nnc(C2CC2)n1C1CC1. The number of aliphatic hydroxyl groups is 1. The molecule has 1 aromatic rings. The summed E-state index contributed by atoms with van der Waals surface area (Å²) in [6.45, 7) is 0.306. The Kier molecular flexibility index (Phi) is 3.10. The van der Waals surface area contributed by atoms with E-state index in [4.69, 9.17) is 5.73 Å². The number of hydrogen-bond donors (Lipinski definition) is 2. The summed E-state index contributed by atoms with van der Waals surface area (Å²) < 4.78 is 2.30. The molecule has 0 amide bonds. The molecule has 2 aliphatic carbocycles. The van der Waals surface area contributed by atoms with Crippen molar-refractivity contribution in [1.82, 2.24) is 14.8 Å². The number of rotatable bonds is 6. The molecule has 0 aromatic carbocycles. The third-order valence-corrected chi connectivity index (χ3v) is 4.31. The van der Waals surface area contributed by atoms with Gasteiger partial charge in [0.1, 0.15) is 5.82 Å². The molecule has 0 aliphatic heterocycles. The second-order valence-corrected chi connectivity index (χ2v) is 5.90. The Bertz CT molecular complexity index is 400. The summed E-state index contributed by atoms with van der Waals surface area (Å²) in [5, 5.41) is 19.0. The van der Waals surface area contributed by atoms with Crippen LogP contribution in [0.15, 0.2) is 5.16 Å². The van der Waals surface area contributed by atoms with E-state index in [2.05, 4.69) is 14.8 Å². The van der Waals surface area contributed by atoms with E-state index in [1.54, 1.807) is 11.8 Å². The smallest absolute Gasteiger partial charge is 0.191 e. The second kappa shape index (κ2) is 4.59. The van der Waals surface area contributed by atoms with Gasteiger partial charge in [-0.3, -0.25) is 0 Å². The van der Waals surface area contributed by atoms with Gasteiger partial charge >= 0.3 is 0 Å². The highest BCUT2D eigenvalue weighted by atomic mass is 32.2. The molecule has 1 atom stereocenters. The summed E-state index contributed by atoms with van der Waals surface area (Å²) in [4.78, 5) is 0. The zero-order valence-corrected chi connectivity index (χ0v) is 10.6. The largest absolute Gasteiger partial charge is 0.391 e. The van der Waals surface area contributed by atoms with Crippen LogP contribution in [0.5, 0.6) is 0 Å². The van der Waals surface area contributed by atoms with E-state index in [0.717, 1.165) is 11.0 Å². The van der Waals surface area contributed by atoms with Crippen molar-refractivity contribution < 1.29 is 5.11 Å². The van der Waals surface area contributed by atoms with E-state index in [1.165, 1.54) is 25.7 Å². The highest BCUT2D eigenvalue weighted by molar-refractivity contribution is 7.99. The van der Waals surface area contributed by atoms with Crippen LogP contribution in [-0.2, 0) is 0 Å². The number of nitrogens with zero attached hydrogens (tertiary/aromatic N) is 3. The zero-order chi connectivity index (χ0) is 11.8. The molecule has 2 fully saturated rings. The first-order valence-corrected chi connectivity index (χ1v) is 7.24. The Morgan fingerprint density at radius 1 is 1.35 bits per heavy atom. The van der Waals surface area contributed by atoms with Gasteiger partial charge in [0.15, 0.2) is 5.16 Å². The van der Waals surface area contributed by atoms with Gasteiger partial charge in [-0.05, 0) is 25.7 Å². The molecule has 0 unspecified atom stereocenters. The molecule has 1 aromatic heterocycles. The molecule has 0 radical (unpaired) electrons. The maximum atomic E-state index is 9.49. The minimum Gasteiger partial charge on any atom is -0.391 e. The van der Waals surface area contributed by atoms with Gasteiger partial charge in [-0.25, -0.2) is 0 Å². The molecule has 0 bridgehead atoms. The lowest BCUT2D eigenvalue weighted by atomic mass is 10.4. The Morgan fingerprint density at radius 2 is 2.12 bits per heavy atom. The van der Waals surface area contributed by atoms with E-state index in [1.807, 2.05) is 0 Å². The first kappa shape index (κ1) is 11.5. The Hall–Kier alpha value is -0.590. The molecule has 5 nitrogen and oxygen atoms in total. The standard InChI is InChI=1S/C11H18N4OS/c12-5-9(16)6-17-11-14-13-10(7-1-2-7)15(11)8-3-4-8/h7-9,16H,1-6,12H2/t9-/m0/s1. The van der Waals surface area contributed by atoms with Crippen molar-refractivity contribution in [2.75, 3.05) is 12.3 Å². The van der Waals surface area contributed by atoms with Crippen LogP contribution in [0.25, 0.3) is 0 Å². The van der Waals surface area contributed by atoms with Crippen LogP contribution in [-0.4, -0.2) is 38.3 Å². The highest BCUT2D eigenvalue weighted by Gasteiger charge is 2.36. The first-order valence-electron chi connectivity index (χ1n) is 6.25. The molecule has 94 valence electrons. The summed E-state index contributed by atoms with van der Waals surface area (Å²) in [5.41, 5.74) is 5.40. The van der Waals surface area contributed by atoms with Crippen molar-refractivity contribution in [3.8, 4) is 0 Å². The van der Waals surface area contributed by atoms with Crippen molar-refractivity contribution in [3.05, 3.63) is 5.82 Å². The van der Waals surface area contributed by atoms with Crippen LogP contribution in [0.4, 0.5) is 0 Å². The second-order valence-electron chi connectivity index (χ2n) is 4.92. The van der Waals surface area contributed by atoms with Gasteiger partial charge in [0, 0.05) is 24.3 Å². The van der Waals surface area contributed by atoms with E-state index in [0.29, 0.717) is 24.3 Å². The molecule has 17 heavy (non-hydrogen) atoms. The van der Waals surface area contributed by atoms with Crippen molar-refractivity contribution in [2.45, 2.75) is 48.9 Å². The fraction of sp³-hybridized carbons (Fsp3) is 0.818. The van der Waals surface area contributed by atoms with Crippen molar-refractivity contribution in [1.29, 1.82) is 0 Å². The van der Waals surface area contributed by atoms with E-state index < -0.39 is 6.10 Å². The minimum absolute atomic E-state index is 0.306. The lowest BCUT2D eigenvalue weighted by Gasteiger charge is -2.09. The Balaban J connectivity index is 1.74. The fourth-order valence-electron chi connectivity index (χ4n) is 1.92. The fourth-order valence-corrected chi connectivity index (χ4v) is 2.88. The van der Waals surface area contributed by atoms with E-state index in [-0.39, 0.29) is 0 Å². The summed E-state index contributed by atoms with van der Waals surface area (Å²) in [7, 11) is 0. The summed E-state index contributed by atoms with van der Waals surface area (Å²) in [6, 6.07) is 0.609. The molecule has 6 heteroatoms. The van der Waals surface area contributed by atoms with Crippen LogP contribution >= 0.6 is 11.8 Å². The minimum atomic E-state index is -0.450. The summed E-state index contributed by atoms with van der Waals surface area (Å²) in [5.74, 6) is 2.40. The van der Waals surface area contributed by atoms with E-state index in [9.17, 15) is 5.11 Å². The molecule has 1 heterocycles. The van der Waals surface area contributed by atoms with E-state index >= 15 is 0 Å². The monoisotopic (exact) mass is 254 g/mol. The van der Waals surface area contributed by atoms with Gasteiger partial charge in [0.25, 0.3) is 0 Å². The average molecular weight is 254 g/mol. The van der Waals surface area contributed by atoms with Gasteiger partial charge in [-0.2, -0.15) is 0 Å². The van der Waals surface area contributed by atoms with Crippen LogP contribution in [0.3, 0.4) is 0 Å². The number of aromatic nitrogens is 3. The van der Waals surface area contributed by atoms with Crippen LogP contribution < -0.4 is 5.73 Å². The molecule has 0 saturated heterocycles. The molecule has 2 aliphatic rings.